The Hall–Kier alpha value is -2.54. The molecule has 1 N–H and O–H groups in total. The number of aryl methyl sites for hydroxylation is 1. The maximum absolute atomic E-state index is 4.54. The van der Waals surface area contributed by atoms with Gasteiger partial charge in [0.25, 0.3) is 0 Å². The summed E-state index contributed by atoms with van der Waals surface area (Å²) in [4.78, 5) is 7.74. The molecule has 126 valence electrons. The SMILES string of the molecule is Cn1ccnc1CSc1nnc(-c2c[nH]c3ccccc23)n1C1CC1. The van der Waals surface area contributed by atoms with E-state index in [1.165, 1.54) is 18.2 Å². The van der Waals surface area contributed by atoms with Gasteiger partial charge in [0.1, 0.15) is 5.82 Å². The third kappa shape index (κ3) is 2.55. The zero-order valence-corrected chi connectivity index (χ0v) is 14.7. The van der Waals surface area contributed by atoms with E-state index in [2.05, 4.69) is 42.9 Å². The van der Waals surface area contributed by atoms with Gasteiger partial charge in [-0.1, -0.05) is 30.0 Å². The number of nitrogens with zero attached hydrogens (tertiary/aromatic N) is 5. The highest BCUT2D eigenvalue weighted by molar-refractivity contribution is 7.98. The Morgan fingerprint density at radius 2 is 2.12 bits per heavy atom. The third-order valence-corrected chi connectivity index (χ3v) is 5.60. The van der Waals surface area contributed by atoms with Crippen LogP contribution in [0, 0.1) is 0 Å². The number of aromatic nitrogens is 6. The summed E-state index contributed by atoms with van der Waals surface area (Å²) in [7, 11) is 2.02. The first-order valence-electron chi connectivity index (χ1n) is 8.41. The van der Waals surface area contributed by atoms with Gasteiger partial charge in [-0.15, -0.1) is 10.2 Å². The number of H-pyrrole nitrogens is 1. The van der Waals surface area contributed by atoms with Crippen LogP contribution in [0.4, 0.5) is 0 Å². The Bertz CT molecular complexity index is 1040. The van der Waals surface area contributed by atoms with E-state index >= 15 is 0 Å². The van der Waals surface area contributed by atoms with Crippen molar-refractivity contribution in [1.82, 2.24) is 29.3 Å². The molecule has 1 aliphatic rings. The minimum Gasteiger partial charge on any atom is -0.360 e. The lowest BCUT2D eigenvalue weighted by Crippen LogP contribution is -2.01. The highest BCUT2D eigenvalue weighted by Crippen LogP contribution is 2.42. The molecule has 25 heavy (non-hydrogen) atoms. The normalized spacial score (nSPS) is 14.4. The van der Waals surface area contributed by atoms with Crippen LogP contribution in [-0.2, 0) is 12.8 Å². The summed E-state index contributed by atoms with van der Waals surface area (Å²) in [5.41, 5.74) is 2.25. The van der Waals surface area contributed by atoms with Gasteiger partial charge in [-0.2, -0.15) is 0 Å². The lowest BCUT2D eigenvalue weighted by molar-refractivity contribution is 0.669. The summed E-state index contributed by atoms with van der Waals surface area (Å²) in [6, 6.07) is 8.85. The van der Waals surface area contributed by atoms with E-state index in [1.807, 2.05) is 36.3 Å². The molecule has 0 spiro atoms. The molecular formula is C18H18N6S. The number of rotatable bonds is 5. The van der Waals surface area contributed by atoms with Crippen LogP contribution in [0.25, 0.3) is 22.3 Å². The van der Waals surface area contributed by atoms with Crippen LogP contribution >= 0.6 is 11.8 Å². The minimum absolute atomic E-state index is 0.516. The lowest BCUT2D eigenvalue weighted by Gasteiger charge is -2.08. The van der Waals surface area contributed by atoms with Crippen LogP contribution in [0.15, 0.2) is 48.0 Å². The van der Waals surface area contributed by atoms with Crippen molar-refractivity contribution in [3.05, 3.63) is 48.7 Å². The predicted octanol–water partition coefficient (Wildman–Crippen LogP) is 3.79. The van der Waals surface area contributed by atoms with Crippen molar-refractivity contribution in [1.29, 1.82) is 0 Å². The molecule has 1 aliphatic carbocycles. The largest absolute Gasteiger partial charge is 0.360 e. The molecule has 1 saturated carbocycles. The number of nitrogens with one attached hydrogen (secondary N) is 1. The highest BCUT2D eigenvalue weighted by Gasteiger charge is 2.31. The first-order chi connectivity index (χ1) is 12.3. The van der Waals surface area contributed by atoms with Crippen molar-refractivity contribution in [2.75, 3.05) is 0 Å². The van der Waals surface area contributed by atoms with E-state index < -0.39 is 0 Å². The van der Waals surface area contributed by atoms with Gasteiger partial charge in [0, 0.05) is 48.1 Å². The van der Waals surface area contributed by atoms with E-state index in [0.717, 1.165) is 33.6 Å². The number of para-hydroxylation sites is 1. The van der Waals surface area contributed by atoms with E-state index in [1.54, 1.807) is 11.8 Å². The van der Waals surface area contributed by atoms with E-state index in [-0.39, 0.29) is 0 Å². The van der Waals surface area contributed by atoms with Gasteiger partial charge >= 0.3 is 0 Å². The molecule has 0 unspecified atom stereocenters. The molecule has 3 aromatic heterocycles. The van der Waals surface area contributed by atoms with Gasteiger partial charge < -0.3 is 9.55 Å². The number of fused-ring (bicyclic) bond motifs is 1. The van der Waals surface area contributed by atoms with Crippen molar-refractivity contribution in [3.63, 3.8) is 0 Å². The maximum atomic E-state index is 4.54. The third-order valence-electron chi connectivity index (χ3n) is 4.66. The van der Waals surface area contributed by atoms with Gasteiger partial charge in [0.2, 0.25) is 0 Å². The van der Waals surface area contributed by atoms with Crippen LogP contribution < -0.4 is 0 Å². The Labute approximate surface area is 149 Å². The maximum Gasteiger partial charge on any atom is 0.192 e. The molecule has 0 bridgehead atoms. The number of imidazole rings is 1. The number of hydrogen-bond acceptors (Lipinski definition) is 4. The average Bonchev–Trinajstić information content (AvgIpc) is 3.04. The molecule has 0 radical (unpaired) electrons. The zero-order chi connectivity index (χ0) is 16.8. The highest BCUT2D eigenvalue weighted by atomic mass is 32.2. The lowest BCUT2D eigenvalue weighted by atomic mass is 10.1. The van der Waals surface area contributed by atoms with Crippen LogP contribution in [0.1, 0.15) is 24.7 Å². The Kier molecular flexibility index (Phi) is 3.41. The molecule has 0 amide bonds. The van der Waals surface area contributed by atoms with Crippen molar-refractivity contribution < 1.29 is 0 Å². The molecule has 1 aromatic carbocycles. The second-order valence-corrected chi connectivity index (χ2v) is 7.34. The Morgan fingerprint density at radius 1 is 1.24 bits per heavy atom. The monoisotopic (exact) mass is 350 g/mol. The molecule has 7 heteroatoms. The van der Waals surface area contributed by atoms with Crippen LogP contribution in [-0.4, -0.2) is 29.3 Å². The van der Waals surface area contributed by atoms with E-state index in [0.29, 0.717) is 6.04 Å². The quantitative estimate of drug-likeness (QED) is 0.556. The summed E-state index contributed by atoms with van der Waals surface area (Å²) < 4.78 is 4.36. The van der Waals surface area contributed by atoms with E-state index in [9.17, 15) is 0 Å². The average molecular weight is 350 g/mol. The first kappa shape index (κ1) is 14.8. The molecule has 0 atom stereocenters. The molecule has 3 heterocycles. The predicted molar refractivity (Wildman–Crippen MR) is 98.4 cm³/mol. The van der Waals surface area contributed by atoms with Crippen molar-refractivity contribution in [2.24, 2.45) is 7.05 Å². The number of thioether (sulfide) groups is 1. The molecule has 5 rings (SSSR count). The minimum atomic E-state index is 0.516. The first-order valence-corrected chi connectivity index (χ1v) is 9.40. The van der Waals surface area contributed by atoms with Crippen molar-refractivity contribution >= 4 is 22.7 Å². The Morgan fingerprint density at radius 3 is 2.92 bits per heavy atom. The van der Waals surface area contributed by atoms with Crippen molar-refractivity contribution in [3.8, 4) is 11.4 Å². The molecular weight excluding hydrogens is 332 g/mol. The summed E-state index contributed by atoms with van der Waals surface area (Å²) in [5.74, 6) is 2.80. The molecule has 0 saturated heterocycles. The number of aromatic amines is 1. The van der Waals surface area contributed by atoms with Gasteiger partial charge in [-0.05, 0) is 18.9 Å². The number of benzene rings is 1. The summed E-state index contributed by atoms with van der Waals surface area (Å²) >= 11 is 1.71. The van der Waals surface area contributed by atoms with Crippen LogP contribution in [0.5, 0.6) is 0 Å². The molecule has 4 aromatic rings. The fourth-order valence-corrected chi connectivity index (χ4v) is 4.15. The van der Waals surface area contributed by atoms with Gasteiger partial charge in [0.05, 0.1) is 5.75 Å². The van der Waals surface area contributed by atoms with E-state index in [4.69, 9.17) is 0 Å². The standard InChI is InChI=1S/C18H18N6S/c1-23-9-8-19-16(23)11-25-18-22-21-17(24(18)12-6-7-12)14-10-20-15-5-3-2-4-13(14)15/h2-5,8-10,12,20H,6-7,11H2,1H3. The van der Waals surface area contributed by atoms with Gasteiger partial charge in [-0.3, -0.25) is 4.57 Å². The zero-order valence-electron chi connectivity index (χ0n) is 13.9. The second kappa shape index (κ2) is 5.77. The summed E-state index contributed by atoms with van der Waals surface area (Å²) in [6.45, 7) is 0. The molecule has 1 fully saturated rings. The fourth-order valence-electron chi connectivity index (χ4n) is 3.14. The molecule has 6 nitrogen and oxygen atoms in total. The van der Waals surface area contributed by atoms with Crippen molar-refractivity contribution in [2.45, 2.75) is 29.8 Å². The van der Waals surface area contributed by atoms with Crippen LogP contribution in [0.3, 0.4) is 0 Å². The summed E-state index contributed by atoms with van der Waals surface area (Å²) in [5, 5.41) is 11.2. The number of hydrogen-bond donors (Lipinski definition) is 1. The summed E-state index contributed by atoms with van der Waals surface area (Å²) in [6.07, 6.45) is 8.24. The molecule has 0 aliphatic heterocycles. The topological polar surface area (TPSA) is 64.3 Å². The van der Waals surface area contributed by atoms with Crippen LogP contribution in [0.2, 0.25) is 0 Å². The second-order valence-electron chi connectivity index (χ2n) is 6.40. The Balaban J connectivity index is 1.53. The fraction of sp³-hybridized carbons (Fsp3) is 0.278. The van der Waals surface area contributed by atoms with Gasteiger partial charge in [-0.25, -0.2) is 4.98 Å². The van der Waals surface area contributed by atoms with Gasteiger partial charge in [0.15, 0.2) is 11.0 Å². The smallest absolute Gasteiger partial charge is 0.192 e.